The Morgan fingerprint density at radius 2 is 2.05 bits per heavy atom. The van der Waals surface area contributed by atoms with Crippen LogP contribution in [-0.2, 0) is 0 Å². The van der Waals surface area contributed by atoms with Crippen molar-refractivity contribution in [3.8, 4) is 0 Å². The van der Waals surface area contributed by atoms with E-state index in [-0.39, 0.29) is 0 Å². The number of halogens is 1. The van der Waals surface area contributed by atoms with E-state index in [0.29, 0.717) is 6.04 Å². The van der Waals surface area contributed by atoms with Gasteiger partial charge in [-0.05, 0) is 56.0 Å². The highest BCUT2D eigenvalue weighted by molar-refractivity contribution is 9.10. The summed E-state index contributed by atoms with van der Waals surface area (Å²) in [5.41, 5.74) is 0. The quantitative estimate of drug-likeness (QED) is 0.760. The molecule has 0 radical (unpaired) electrons. The third-order valence-corrected chi connectivity index (χ3v) is 5.82. The zero-order valence-electron chi connectivity index (χ0n) is 11.9. The largest absolute Gasteiger partial charge is 0.316 e. The van der Waals surface area contributed by atoms with Crippen molar-refractivity contribution in [1.82, 2.24) is 5.32 Å². The normalized spacial score (nSPS) is 25.2. The first-order valence-corrected chi connectivity index (χ1v) is 9.02. The fourth-order valence-corrected chi connectivity index (χ4v) is 4.42. The molecule has 0 amide bonds. The van der Waals surface area contributed by atoms with E-state index in [1.54, 1.807) is 0 Å². The molecule has 2 rings (SSSR count). The van der Waals surface area contributed by atoms with E-state index < -0.39 is 0 Å². The molecule has 1 aliphatic rings. The number of nitrogens with one attached hydrogen (secondary N) is 1. The van der Waals surface area contributed by atoms with Gasteiger partial charge in [-0.2, -0.15) is 0 Å². The van der Waals surface area contributed by atoms with Crippen molar-refractivity contribution in [3.05, 3.63) is 28.7 Å². The Balaban J connectivity index is 1.86. The lowest BCUT2D eigenvalue weighted by molar-refractivity contribution is 0.240. The lowest BCUT2D eigenvalue weighted by Crippen LogP contribution is -2.38. The summed E-state index contributed by atoms with van der Waals surface area (Å²) in [6.45, 7) is 2.40. The van der Waals surface area contributed by atoms with Gasteiger partial charge in [-0.15, -0.1) is 11.8 Å². The predicted molar refractivity (Wildman–Crippen MR) is 88.8 cm³/mol. The van der Waals surface area contributed by atoms with Gasteiger partial charge in [0.2, 0.25) is 0 Å². The Morgan fingerprint density at radius 3 is 2.68 bits per heavy atom. The van der Waals surface area contributed by atoms with Crippen molar-refractivity contribution in [2.45, 2.75) is 43.5 Å². The highest BCUT2D eigenvalue weighted by Gasteiger charge is 2.25. The van der Waals surface area contributed by atoms with Crippen LogP contribution in [0.1, 0.15) is 32.6 Å². The van der Waals surface area contributed by atoms with Crippen molar-refractivity contribution >= 4 is 27.7 Å². The van der Waals surface area contributed by atoms with Crippen molar-refractivity contribution in [3.63, 3.8) is 0 Å². The molecule has 0 aliphatic heterocycles. The number of rotatable bonds is 5. The van der Waals surface area contributed by atoms with Crippen LogP contribution in [0.5, 0.6) is 0 Å². The summed E-state index contributed by atoms with van der Waals surface area (Å²) >= 11 is 5.46. The Bertz CT molecular complexity index is 379. The van der Waals surface area contributed by atoms with Crippen molar-refractivity contribution < 1.29 is 0 Å². The van der Waals surface area contributed by atoms with Gasteiger partial charge in [0.25, 0.3) is 0 Å². The van der Waals surface area contributed by atoms with Gasteiger partial charge < -0.3 is 5.32 Å². The minimum absolute atomic E-state index is 0.649. The second-order valence-corrected chi connectivity index (χ2v) is 7.70. The molecule has 0 spiro atoms. The monoisotopic (exact) mass is 341 g/mol. The van der Waals surface area contributed by atoms with Gasteiger partial charge in [-0.3, -0.25) is 0 Å². The SMILES string of the molecule is CNC(CSc1ccc(Br)cc1)C1CCCC(C)C1. The molecule has 1 aromatic rings. The molecule has 0 saturated heterocycles. The van der Waals surface area contributed by atoms with Crippen LogP contribution in [0.3, 0.4) is 0 Å². The van der Waals surface area contributed by atoms with Gasteiger partial charge in [0.1, 0.15) is 0 Å². The van der Waals surface area contributed by atoms with Crippen LogP contribution < -0.4 is 5.32 Å². The van der Waals surface area contributed by atoms with Crippen LogP contribution in [0, 0.1) is 11.8 Å². The Hall–Kier alpha value is 0.01000. The van der Waals surface area contributed by atoms with E-state index in [0.717, 1.165) is 16.3 Å². The number of thioether (sulfide) groups is 1. The standard InChI is InChI=1S/C16H24BrNS/c1-12-4-3-5-13(10-12)16(18-2)11-19-15-8-6-14(17)7-9-15/h6-9,12-13,16,18H,3-5,10-11H2,1-2H3. The average molecular weight is 342 g/mol. The van der Waals surface area contributed by atoms with Gasteiger partial charge in [-0.1, -0.05) is 35.7 Å². The molecule has 19 heavy (non-hydrogen) atoms. The molecule has 0 bridgehead atoms. The number of hydrogen-bond donors (Lipinski definition) is 1. The lowest BCUT2D eigenvalue weighted by Gasteiger charge is -2.33. The lowest BCUT2D eigenvalue weighted by atomic mass is 9.79. The van der Waals surface area contributed by atoms with E-state index in [2.05, 4.69) is 59.5 Å². The summed E-state index contributed by atoms with van der Waals surface area (Å²) in [6, 6.07) is 9.30. The molecule has 1 saturated carbocycles. The third kappa shape index (κ3) is 4.80. The van der Waals surface area contributed by atoms with E-state index in [4.69, 9.17) is 0 Å². The zero-order chi connectivity index (χ0) is 13.7. The molecule has 1 nitrogen and oxygen atoms in total. The predicted octanol–water partition coefficient (Wildman–Crippen LogP) is 4.96. The fourth-order valence-electron chi connectivity index (χ4n) is 3.02. The smallest absolute Gasteiger partial charge is 0.0187 e. The molecular weight excluding hydrogens is 318 g/mol. The maximum Gasteiger partial charge on any atom is 0.0187 e. The van der Waals surface area contributed by atoms with Crippen molar-refractivity contribution in [2.24, 2.45) is 11.8 Å². The Morgan fingerprint density at radius 1 is 1.32 bits per heavy atom. The van der Waals surface area contributed by atoms with Gasteiger partial charge in [0.15, 0.2) is 0 Å². The highest BCUT2D eigenvalue weighted by Crippen LogP contribution is 2.33. The minimum Gasteiger partial charge on any atom is -0.316 e. The molecular formula is C16H24BrNS. The van der Waals surface area contributed by atoms with Crippen molar-refractivity contribution in [1.29, 1.82) is 0 Å². The summed E-state index contributed by atoms with van der Waals surface area (Å²) in [6.07, 6.45) is 5.63. The molecule has 106 valence electrons. The minimum atomic E-state index is 0.649. The van der Waals surface area contributed by atoms with E-state index in [1.165, 1.54) is 36.3 Å². The average Bonchev–Trinajstić information content (AvgIpc) is 2.42. The van der Waals surface area contributed by atoms with Gasteiger partial charge in [-0.25, -0.2) is 0 Å². The van der Waals surface area contributed by atoms with Crippen LogP contribution in [0.2, 0.25) is 0 Å². The zero-order valence-corrected chi connectivity index (χ0v) is 14.3. The second-order valence-electron chi connectivity index (χ2n) is 5.69. The molecule has 3 atom stereocenters. The van der Waals surface area contributed by atoms with Crippen LogP contribution >= 0.6 is 27.7 Å². The van der Waals surface area contributed by atoms with Gasteiger partial charge in [0.05, 0.1) is 0 Å². The molecule has 1 aliphatic carbocycles. The summed E-state index contributed by atoms with van der Waals surface area (Å²) in [5.74, 6) is 2.94. The maximum absolute atomic E-state index is 3.54. The molecule has 0 heterocycles. The molecule has 3 heteroatoms. The highest BCUT2D eigenvalue weighted by atomic mass is 79.9. The molecule has 0 aromatic heterocycles. The Kier molecular flexibility index (Phi) is 6.24. The third-order valence-electron chi connectivity index (χ3n) is 4.16. The fraction of sp³-hybridized carbons (Fsp3) is 0.625. The van der Waals surface area contributed by atoms with Gasteiger partial charge >= 0.3 is 0 Å². The molecule has 1 fully saturated rings. The number of hydrogen-bond acceptors (Lipinski definition) is 2. The van der Waals surface area contributed by atoms with E-state index >= 15 is 0 Å². The van der Waals surface area contributed by atoms with E-state index in [1.807, 2.05) is 11.8 Å². The summed E-state index contributed by atoms with van der Waals surface area (Å²) in [5, 5.41) is 3.54. The first kappa shape index (κ1) is 15.4. The van der Waals surface area contributed by atoms with Gasteiger partial charge in [0, 0.05) is 21.2 Å². The molecule has 3 unspecified atom stereocenters. The van der Waals surface area contributed by atoms with E-state index in [9.17, 15) is 0 Å². The summed E-state index contributed by atoms with van der Waals surface area (Å²) in [7, 11) is 2.12. The maximum atomic E-state index is 3.54. The first-order chi connectivity index (χ1) is 9.19. The molecule has 1 aromatic carbocycles. The van der Waals surface area contributed by atoms with Crippen LogP contribution in [-0.4, -0.2) is 18.8 Å². The summed E-state index contributed by atoms with van der Waals surface area (Å²) in [4.78, 5) is 1.37. The first-order valence-electron chi connectivity index (χ1n) is 7.24. The second kappa shape index (κ2) is 7.70. The molecule has 1 N–H and O–H groups in total. The van der Waals surface area contributed by atoms with Crippen LogP contribution in [0.15, 0.2) is 33.6 Å². The topological polar surface area (TPSA) is 12.0 Å². The Labute approximate surface area is 130 Å². The number of benzene rings is 1. The van der Waals surface area contributed by atoms with Crippen LogP contribution in [0.4, 0.5) is 0 Å². The van der Waals surface area contributed by atoms with Crippen LogP contribution in [0.25, 0.3) is 0 Å². The van der Waals surface area contributed by atoms with Crippen molar-refractivity contribution in [2.75, 3.05) is 12.8 Å². The summed E-state index contributed by atoms with van der Waals surface area (Å²) < 4.78 is 1.16.